The zero-order valence-electron chi connectivity index (χ0n) is 17.2. The van der Waals surface area contributed by atoms with Crippen LogP contribution in [-0.2, 0) is 23.9 Å². The molecule has 0 aliphatic carbocycles. The van der Waals surface area contributed by atoms with Gasteiger partial charge in [0.25, 0.3) is 0 Å². The molecule has 0 aliphatic heterocycles. The number of hydrogen-bond acceptors (Lipinski definition) is 8. The van der Waals surface area contributed by atoms with E-state index in [9.17, 15) is 39.3 Å². The molecule has 176 valence electrons. The van der Waals surface area contributed by atoms with Gasteiger partial charge in [-0.2, -0.15) is 0 Å². The molecule has 0 spiro atoms. The number of carboxylic acids is 3. The molecule has 0 heterocycles. The Labute approximate surface area is 183 Å². The molecule has 6 N–H and O–H groups in total. The fourth-order valence-electron chi connectivity index (χ4n) is 2.94. The first-order chi connectivity index (χ1) is 15.3. The minimum atomic E-state index is -1.26. The van der Waals surface area contributed by atoms with Crippen LogP contribution < -0.4 is 16.0 Å². The molecular weight excluding hydrogens is 426 g/mol. The summed E-state index contributed by atoms with van der Waals surface area (Å²) < 4.78 is 4.04. The highest BCUT2D eigenvalue weighted by Crippen LogP contribution is 2.21. The fourth-order valence-corrected chi connectivity index (χ4v) is 2.94. The number of unbranched alkanes of at least 4 members (excludes halogenated alkanes) is 1. The van der Waals surface area contributed by atoms with E-state index in [0.717, 1.165) is 0 Å². The van der Waals surface area contributed by atoms with Gasteiger partial charge in [0.15, 0.2) is 0 Å². The first-order valence-electron chi connectivity index (χ1n) is 9.84. The van der Waals surface area contributed by atoms with Gasteiger partial charge in [-0.3, -0.25) is 29.8 Å². The van der Waals surface area contributed by atoms with Gasteiger partial charge in [0.2, 0.25) is 0 Å². The number of aliphatic carboxylic acids is 3. The Morgan fingerprint density at radius 2 is 1.53 bits per heavy atom. The monoisotopic (exact) mass is 453 g/mol. The second-order valence-corrected chi connectivity index (χ2v) is 6.83. The number of ether oxygens (including phenoxy) is 1. The quantitative estimate of drug-likeness (QED) is 0.0875. The normalized spacial score (nSPS) is 13.4. The van der Waals surface area contributed by atoms with Crippen molar-refractivity contribution in [3.05, 3.63) is 35.9 Å². The Kier molecular flexibility index (Phi) is 12.0. The summed E-state index contributed by atoms with van der Waals surface area (Å²) in [6.45, 7) is 0.0169. The van der Waals surface area contributed by atoms with Crippen LogP contribution in [0.2, 0.25) is 0 Å². The molecule has 1 amide bonds. The van der Waals surface area contributed by atoms with Gasteiger partial charge in [0.1, 0.15) is 12.1 Å². The first kappa shape index (κ1) is 26.5. The second kappa shape index (κ2) is 14.5. The molecule has 0 bridgehead atoms. The molecule has 0 radical (unpaired) electrons. The highest BCUT2D eigenvalue weighted by atomic mass is 16.6. The van der Waals surface area contributed by atoms with Gasteiger partial charge in [-0.05, 0) is 31.2 Å². The lowest BCUT2D eigenvalue weighted by Crippen LogP contribution is -2.48. The van der Waals surface area contributed by atoms with Crippen molar-refractivity contribution in [3.63, 3.8) is 0 Å². The zero-order valence-corrected chi connectivity index (χ0v) is 17.2. The lowest BCUT2D eigenvalue weighted by molar-refractivity contribution is -0.142. The summed E-state index contributed by atoms with van der Waals surface area (Å²) in [5.74, 6) is -4.60. The van der Waals surface area contributed by atoms with Crippen molar-refractivity contribution < 1.29 is 44.0 Å². The van der Waals surface area contributed by atoms with Crippen molar-refractivity contribution in [1.29, 1.82) is 0 Å². The van der Waals surface area contributed by atoms with E-state index in [2.05, 4.69) is 20.7 Å². The van der Waals surface area contributed by atoms with Crippen molar-refractivity contribution in [1.82, 2.24) is 16.0 Å². The van der Waals surface area contributed by atoms with Crippen LogP contribution in [0.5, 0.6) is 0 Å². The summed E-state index contributed by atoms with van der Waals surface area (Å²) in [6, 6.07) is 6.05. The van der Waals surface area contributed by atoms with Gasteiger partial charge in [-0.25, -0.2) is 4.79 Å². The smallest absolute Gasteiger partial charge is 0.414 e. The fraction of sp³-hybridized carbons (Fsp3) is 0.450. The van der Waals surface area contributed by atoms with E-state index in [4.69, 9.17) is 0 Å². The van der Waals surface area contributed by atoms with Crippen LogP contribution in [0.3, 0.4) is 0 Å². The molecule has 1 rings (SSSR count). The Balaban J connectivity index is 2.52. The lowest BCUT2D eigenvalue weighted by atomic mass is 9.92. The number of carbonyl (C=O) groups excluding carboxylic acids is 2. The maximum Gasteiger partial charge on any atom is 0.414 e. The molecule has 1 aromatic carbocycles. The number of hydrogen-bond donors (Lipinski definition) is 6. The van der Waals surface area contributed by atoms with Gasteiger partial charge in [0, 0.05) is 13.2 Å². The zero-order chi connectivity index (χ0) is 23.9. The SMILES string of the molecule is O=COC(=O)NCCCCC(NCNC(CC(C(=O)O)c1ccccc1)C(=O)O)C(=O)O. The van der Waals surface area contributed by atoms with Crippen LogP contribution in [0, 0.1) is 0 Å². The Morgan fingerprint density at radius 1 is 0.906 bits per heavy atom. The highest BCUT2D eigenvalue weighted by molar-refractivity contribution is 5.79. The molecule has 0 aromatic heterocycles. The van der Waals surface area contributed by atoms with Crippen LogP contribution in [-0.4, -0.2) is 71.1 Å². The Morgan fingerprint density at radius 3 is 2.09 bits per heavy atom. The maximum atomic E-state index is 11.6. The summed E-state index contributed by atoms with van der Waals surface area (Å²) in [4.78, 5) is 55.5. The summed E-state index contributed by atoms with van der Waals surface area (Å²) in [7, 11) is 0. The third-order valence-corrected chi connectivity index (χ3v) is 4.61. The van der Waals surface area contributed by atoms with E-state index in [-0.39, 0.29) is 32.5 Å². The molecule has 0 fully saturated rings. The molecule has 0 aliphatic rings. The van der Waals surface area contributed by atoms with E-state index in [1.807, 2.05) is 0 Å². The minimum Gasteiger partial charge on any atom is -0.481 e. The van der Waals surface area contributed by atoms with E-state index >= 15 is 0 Å². The van der Waals surface area contributed by atoms with Gasteiger partial charge >= 0.3 is 30.5 Å². The number of benzene rings is 1. The third kappa shape index (κ3) is 10.00. The molecule has 3 atom stereocenters. The van der Waals surface area contributed by atoms with Crippen LogP contribution in [0.4, 0.5) is 4.79 Å². The van der Waals surface area contributed by atoms with Crippen molar-refractivity contribution in [2.45, 2.75) is 43.7 Å². The molecular formula is C20H27N3O9. The highest BCUT2D eigenvalue weighted by Gasteiger charge is 2.28. The van der Waals surface area contributed by atoms with Crippen molar-refractivity contribution in [3.8, 4) is 0 Å². The molecule has 12 heteroatoms. The number of rotatable bonds is 16. The van der Waals surface area contributed by atoms with Crippen LogP contribution in [0.15, 0.2) is 30.3 Å². The number of carboxylic acid groups (broad SMARTS) is 3. The first-order valence-corrected chi connectivity index (χ1v) is 9.84. The van der Waals surface area contributed by atoms with Crippen LogP contribution in [0.25, 0.3) is 0 Å². The average Bonchev–Trinajstić information content (AvgIpc) is 2.74. The topological polar surface area (TPSA) is 191 Å². The number of nitrogens with one attached hydrogen (secondary N) is 3. The van der Waals surface area contributed by atoms with Crippen molar-refractivity contribution in [2.75, 3.05) is 13.2 Å². The molecule has 0 saturated carbocycles. The van der Waals surface area contributed by atoms with Gasteiger partial charge in [-0.1, -0.05) is 30.3 Å². The average molecular weight is 453 g/mol. The van der Waals surface area contributed by atoms with E-state index in [1.54, 1.807) is 30.3 Å². The van der Waals surface area contributed by atoms with Gasteiger partial charge < -0.3 is 25.4 Å². The third-order valence-electron chi connectivity index (χ3n) is 4.61. The number of amides is 1. The Hall–Kier alpha value is -3.51. The van der Waals surface area contributed by atoms with E-state index in [1.165, 1.54) is 0 Å². The molecule has 32 heavy (non-hydrogen) atoms. The van der Waals surface area contributed by atoms with Crippen molar-refractivity contribution in [2.24, 2.45) is 0 Å². The summed E-state index contributed by atoms with van der Waals surface area (Å²) >= 11 is 0. The second-order valence-electron chi connectivity index (χ2n) is 6.83. The number of carbonyl (C=O) groups is 5. The van der Waals surface area contributed by atoms with Crippen LogP contribution >= 0.6 is 0 Å². The molecule has 1 aromatic rings. The van der Waals surface area contributed by atoms with Crippen molar-refractivity contribution >= 4 is 30.5 Å². The molecule has 3 unspecified atom stereocenters. The summed E-state index contributed by atoms with van der Waals surface area (Å²) in [6.07, 6.45) is -0.0745. The predicted molar refractivity (Wildman–Crippen MR) is 110 cm³/mol. The van der Waals surface area contributed by atoms with Crippen LogP contribution in [0.1, 0.15) is 37.2 Å². The predicted octanol–water partition coefficient (Wildman–Crippen LogP) is 0.341. The maximum absolute atomic E-state index is 11.6. The number of alkyl carbamates (subject to hydrolysis) is 1. The van der Waals surface area contributed by atoms with Gasteiger partial charge in [0.05, 0.1) is 5.92 Å². The minimum absolute atomic E-state index is 0.00434. The summed E-state index contributed by atoms with van der Waals surface area (Å²) in [5.41, 5.74) is 0.468. The van der Waals surface area contributed by atoms with E-state index in [0.29, 0.717) is 18.4 Å². The van der Waals surface area contributed by atoms with E-state index < -0.39 is 42.0 Å². The standard InChI is InChI=1S/C20H27N3O9/c24-12-32-20(31)21-9-5-4-8-15(18(27)28)22-11-23-16(19(29)30)10-14(17(25)26)13-6-2-1-3-7-13/h1-3,6-7,12,14-16,22-23H,4-5,8-11H2,(H,21,31)(H,25,26)(H,27,28)(H,29,30). The Bertz CT molecular complexity index is 773. The van der Waals surface area contributed by atoms with Gasteiger partial charge in [-0.15, -0.1) is 0 Å². The summed E-state index contributed by atoms with van der Waals surface area (Å²) in [5, 5.41) is 35.9. The lowest BCUT2D eigenvalue weighted by Gasteiger charge is -2.21. The largest absolute Gasteiger partial charge is 0.481 e. The molecule has 0 saturated heterocycles. The molecule has 12 nitrogen and oxygen atoms in total.